The number of piperazine rings is 1. The molecule has 1 atom stereocenters. The Labute approximate surface area is 186 Å². The second-order valence-corrected chi connectivity index (χ2v) is 8.81. The molecule has 8 heteroatoms. The lowest BCUT2D eigenvalue weighted by Crippen LogP contribution is -2.50. The number of halogens is 1. The Balaban J connectivity index is 1.60. The van der Waals surface area contributed by atoms with Crippen molar-refractivity contribution in [2.24, 2.45) is 0 Å². The molecule has 4 rings (SSSR count). The number of carbonyl (C=O) groups excluding carboxylic acids is 1. The highest BCUT2D eigenvalue weighted by Crippen LogP contribution is 2.31. The summed E-state index contributed by atoms with van der Waals surface area (Å²) in [6.07, 6.45) is 0. The second kappa shape index (κ2) is 9.62. The van der Waals surface area contributed by atoms with Crippen LogP contribution in [0.1, 0.15) is 13.8 Å². The second-order valence-electron chi connectivity index (χ2n) is 7.50. The molecule has 0 radical (unpaired) electrons. The summed E-state index contributed by atoms with van der Waals surface area (Å²) in [7, 11) is 0. The predicted molar refractivity (Wildman–Crippen MR) is 121 cm³/mol. The van der Waals surface area contributed by atoms with Gasteiger partial charge < -0.3 is 9.80 Å². The van der Waals surface area contributed by atoms with Crippen molar-refractivity contribution in [2.75, 3.05) is 32.7 Å². The van der Waals surface area contributed by atoms with Gasteiger partial charge in [-0.05, 0) is 37.7 Å². The van der Waals surface area contributed by atoms with E-state index in [1.54, 1.807) is 12.1 Å². The fourth-order valence-electron chi connectivity index (χ4n) is 3.69. The zero-order valence-electron chi connectivity index (χ0n) is 17.7. The van der Waals surface area contributed by atoms with E-state index < -0.39 is 0 Å². The molecule has 1 fully saturated rings. The number of thioether (sulfide) groups is 1. The molecular formula is C23H26FN5OS. The molecule has 2 heterocycles. The van der Waals surface area contributed by atoms with E-state index >= 15 is 0 Å². The summed E-state index contributed by atoms with van der Waals surface area (Å²) in [5.41, 5.74) is 1.66. The minimum Gasteiger partial charge on any atom is -0.339 e. The molecule has 6 nitrogen and oxygen atoms in total. The van der Waals surface area contributed by atoms with Crippen LogP contribution in [0.25, 0.3) is 17.1 Å². The van der Waals surface area contributed by atoms with Gasteiger partial charge >= 0.3 is 0 Å². The van der Waals surface area contributed by atoms with Gasteiger partial charge in [0, 0.05) is 37.4 Å². The van der Waals surface area contributed by atoms with Crippen molar-refractivity contribution >= 4 is 17.7 Å². The number of carbonyl (C=O) groups is 1. The first-order valence-corrected chi connectivity index (χ1v) is 11.4. The predicted octanol–water partition coefficient (Wildman–Crippen LogP) is 3.72. The van der Waals surface area contributed by atoms with E-state index in [4.69, 9.17) is 0 Å². The summed E-state index contributed by atoms with van der Waals surface area (Å²) in [6, 6.07) is 16.0. The molecule has 0 aliphatic carbocycles. The summed E-state index contributed by atoms with van der Waals surface area (Å²) in [5, 5.41) is 9.09. The monoisotopic (exact) mass is 439 g/mol. The standard InChI is InChI=1S/C23H26FN5OS/c1-3-27-13-15-28(16-14-27)22(30)17(2)31-23-26-25-21(18-7-5-4-6-8-18)29(23)20-11-9-19(24)10-12-20/h4-12,17H,3,13-16H2,1-2H3. The van der Waals surface area contributed by atoms with Gasteiger partial charge in [-0.25, -0.2) is 4.39 Å². The first kappa shape index (κ1) is 21.5. The SMILES string of the molecule is CCN1CCN(C(=O)C(C)Sc2nnc(-c3ccccc3)n2-c2ccc(F)cc2)CC1. The van der Waals surface area contributed by atoms with Gasteiger partial charge in [-0.15, -0.1) is 10.2 Å². The molecule has 1 saturated heterocycles. The maximum atomic E-state index is 13.5. The third-order valence-corrected chi connectivity index (χ3v) is 6.54. The molecule has 1 aromatic heterocycles. The van der Waals surface area contributed by atoms with E-state index in [1.165, 1.54) is 23.9 Å². The lowest BCUT2D eigenvalue weighted by atomic mass is 10.2. The summed E-state index contributed by atoms with van der Waals surface area (Å²) in [6.45, 7) is 8.37. The normalized spacial score (nSPS) is 15.8. The molecule has 0 N–H and O–H groups in total. The zero-order chi connectivity index (χ0) is 21.8. The molecule has 3 aromatic rings. The number of nitrogens with zero attached hydrogens (tertiary/aromatic N) is 5. The van der Waals surface area contributed by atoms with Crippen LogP contribution in [-0.4, -0.2) is 68.4 Å². The molecule has 1 aliphatic rings. The number of amides is 1. The van der Waals surface area contributed by atoms with Crippen molar-refractivity contribution in [1.29, 1.82) is 0 Å². The van der Waals surface area contributed by atoms with Gasteiger partial charge in [0.25, 0.3) is 0 Å². The number of benzene rings is 2. The largest absolute Gasteiger partial charge is 0.339 e. The Kier molecular flexibility index (Phi) is 6.67. The lowest BCUT2D eigenvalue weighted by molar-refractivity contribution is -0.132. The van der Waals surface area contributed by atoms with Crippen LogP contribution in [0.4, 0.5) is 4.39 Å². The number of hydrogen-bond acceptors (Lipinski definition) is 5. The minimum absolute atomic E-state index is 0.107. The van der Waals surface area contributed by atoms with Gasteiger partial charge in [0.15, 0.2) is 11.0 Å². The van der Waals surface area contributed by atoms with Crippen molar-refractivity contribution in [3.63, 3.8) is 0 Å². The van der Waals surface area contributed by atoms with Crippen molar-refractivity contribution in [2.45, 2.75) is 24.3 Å². The lowest BCUT2D eigenvalue weighted by Gasteiger charge is -2.35. The maximum absolute atomic E-state index is 13.5. The van der Waals surface area contributed by atoms with Gasteiger partial charge in [0.1, 0.15) is 5.82 Å². The minimum atomic E-state index is -0.305. The molecule has 0 spiro atoms. The molecule has 162 valence electrons. The van der Waals surface area contributed by atoms with Crippen molar-refractivity contribution in [3.05, 3.63) is 60.4 Å². The highest BCUT2D eigenvalue weighted by molar-refractivity contribution is 8.00. The van der Waals surface area contributed by atoms with Crippen LogP contribution in [0.15, 0.2) is 59.8 Å². The maximum Gasteiger partial charge on any atom is 0.235 e. The molecule has 31 heavy (non-hydrogen) atoms. The van der Waals surface area contributed by atoms with Gasteiger partial charge in [0.05, 0.1) is 5.25 Å². The number of aromatic nitrogens is 3. The van der Waals surface area contributed by atoms with Gasteiger partial charge in [0.2, 0.25) is 5.91 Å². The molecule has 1 amide bonds. The Bertz CT molecular complexity index is 1020. The number of likely N-dealkylation sites (N-methyl/N-ethyl adjacent to an activating group) is 1. The van der Waals surface area contributed by atoms with Gasteiger partial charge in [-0.1, -0.05) is 49.0 Å². The zero-order valence-corrected chi connectivity index (χ0v) is 18.6. The summed E-state index contributed by atoms with van der Waals surface area (Å²) in [4.78, 5) is 17.3. The smallest absolute Gasteiger partial charge is 0.235 e. The van der Waals surface area contributed by atoms with Gasteiger partial charge in [-0.2, -0.15) is 0 Å². The first-order valence-electron chi connectivity index (χ1n) is 10.5. The van der Waals surface area contributed by atoms with Crippen LogP contribution in [0, 0.1) is 5.82 Å². The summed E-state index contributed by atoms with van der Waals surface area (Å²) >= 11 is 1.38. The Hall–Kier alpha value is -2.71. The third kappa shape index (κ3) is 4.80. The topological polar surface area (TPSA) is 54.3 Å². The van der Waals surface area contributed by atoms with Crippen LogP contribution in [-0.2, 0) is 4.79 Å². The van der Waals surface area contributed by atoms with Crippen LogP contribution >= 0.6 is 11.8 Å². The van der Waals surface area contributed by atoms with Crippen LogP contribution in [0.3, 0.4) is 0 Å². The average Bonchev–Trinajstić information content (AvgIpc) is 3.23. The molecule has 1 aliphatic heterocycles. The Morgan fingerprint density at radius 2 is 1.71 bits per heavy atom. The fourth-order valence-corrected chi connectivity index (χ4v) is 4.64. The van der Waals surface area contributed by atoms with Crippen molar-refractivity contribution < 1.29 is 9.18 Å². The van der Waals surface area contributed by atoms with E-state index in [2.05, 4.69) is 22.0 Å². The average molecular weight is 440 g/mol. The summed E-state index contributed by atoms with van der Waals surface area (Å²) in [5.74, 6) is 0.462. The Morgan fingerprint density at radius 3 is 2.35 bits per heavy atom. The van der Waals surface area contributed by atoms with Crippen molar-refractivity contribution in [1.82, 2.24) is 24.6 Å². The van der Waals surface area contributed by atoms with E-state index in [0.717, 1.165) is 44.0 Å². The van der Waals surface area contributed by atoms with Crippen molar-refractivity contribution in [3.8, 4) is 17.1 Å². The highest BCUT2D eigenvalue weighted by atomic mass is 32.2. The van der Waals surface area contributed by atoms with E-state index in [0.29, 0.717) is 11.0 Å². The molecular weight excluding hydrogens is 413 g/mol. The first-order chi connectivity index (χ1) is 15.1. The van der Waals surface area contributed by atoms with E-state index in [9.17, 15) is 9.18 Å². The Morgan fingerprint density at radius 1 is 1.03 bits per heavy atom. The number of rotatable bonds is 6. The molecule has 1 unspecified atom stereocenters. The van der Waals surface area contributed by atoms with E-state index in [-0.39, 0.29) is 17.0 Å². The molecule has 0 bridgehead atoms. The van der Waals surface area contributed by atoms with E-state index in [1.807, 2.05) is 46.7 Å². The highest BCUT2D eigenvalue weighted by Gasteiger charge is 2.27. The number of hydrogen-bond donors (Lipinski definition) is 0. The fraction of sp³-hybridized carbons (Fsp3) is 0.348. The summed E-state index contributed by atoms with van der Waals surface area (Å²) < 4.78 is 15.4. The van der Waals surface area contributed by atoms with Gasteiger partial charge in [-0.3, -0.25) is 9.36 Å². The van der Waals surface area contributed by atoms with Crippen LogP contribution in [0.5, 0.6) is 0 Å². The third-order valence-electron chi connectivity index (χ3n) is 5.51. The molecule has 0 saturated carbocycles. The molecule has 2 aromatic carbocycles. The van der Waals surface area contributed by atoms with Crippen LogP contribution < -0.4 is 0 Å². The van der Waals surface area contributed by atoms with Crippen LogP contribution in [0.2, 0.25) is 0 Å². The quantitative estimate of drug-likeness (QED) is 0.548.